The molecule has 0 amide bonds. The first-order valence-electron chi connectivity index (χ1n) is 4.10. The van der Waals surface area contributed by atoms with Crippen LogP contribution in [0.2, 0.25) is 0 Å². The third kappa shape index (κ3) is 1.83. The highest BCUT2D eigenvalue weighted by Gasteiger charge is 2.16. The molecule has 0 bridgehead atoms. The van der Waals surface area contributed by atoms with Crippen LogP contribution in [-0.4, -0.2) is 9.59 Å². The third-order valence-electron chi connectivity index (χ3n) is 1.88. The summed E-state index contributed by atoms with van der Waals surface area (Å²) < 4.78 is 3.82. The second-order valence-corrected chi connectivity index (χ2v) is 4.81. The monoisotopic (exact) mass is 226 g/mol. The van der Waals surface area contributed by atoms with Gasteiger partial charge in [-0.05, 0) is 30.6 Å². The molecule has 3 N–H and O–H groups in total. The van der Waals surface area contributed by atoms with Crippen molar-refractivity contribution in [1.29, 1.82) is 0 Å². The Labute approximate surface area is 89.9 Å². The van der Waals surface area contributed by atoms with Gasteiger partial charge in [0.05, 0.1) is 5.69 Å². The van der Waals surface area contributed by atoms with Gasteiger partial charge in [0.1, 0.15) is 6.04 Å². The first-order chi connectivity index (χ1) is 6.81. The fraction of sp³-hybridized carbons (Fsp3) is 0.250. The first-order valence-corrected chi connectivity index (χ1v) is 5.76. The van der Waals surface area contributed by atoms with E-state index >= 15 is 0 Å². The van der Waals surface area contributed by atoms with Crippen molar-refractivity contribution < 1.29 is 0 Å². The normalized spacial score (nSPS) is 13.0. The number of hydrogen-bond donors (Lipinski definition) is 2. The predicted octanol–water partition coefficient (Wildman–Crippen LogP) is 1.46. The molecule has 4 nitrogen and oxygen atoms in total. The van der Waals surface area contributed by atoms with Gasteiger partial charge in [0, 0.05) is 15.1 Å². The lowest BCUT2D eigenvalue weighted by molar-refractivity contribution is 0.628. The molecule has 0 aliphatic heterocycles. The Morgan fingerprint density at radius 3 is 2.86 bits per heavy atom. The summed E-state index contributed by atoms with van der Waals surface area (Å²) in [5.74, 6) is 5.50. The zero-order chi connectivity index (χ0) is 9.97. The molecule has 74 valence electrons. The molecule has 14 heavy (non-hydrogen) atoms. The fourth-order valence-corrected chi connectivity index (χ4v) is 2.65. The van der Waals surface area contributed by atoms with E-state index < -0.39 is 0 Å². The molecule has 2 rings (SSSR count). The molecule has 0 saturated carbocycles. The Morgan fingerprint density at radius 2 is 2.36 bits per heavy atom. The molecule has 1 atom stereocenters. The lowest BCUT2D eigenvalue weighted by atomic mass is 10.2. The predicted molar refractivity (Wildman–Crippen MR) is 58.1 cm³/mol. The highest BCUT2D eigenvalue weighted by Crippen LogP contribution is 2.26. The Kier molecular flexibility index (Phi) is 2.87. The van der Waals surface area contributed by atoms with Crippen LogP contribution in [0, 0.1) is 6.92 Å². The van der Waals surface area contributed by atoms with E-state index in [0.717, 1.165) is 10.6 Å². The van der Waals surface area contributed by atoms with Crippen molar-refractivity contribution in [3.8, 4) is 0 Å². The van der Waals surface area contributed by atoms with Gasteiger partial charge in [0.15, 0.2) is 0 Å². The lowest BCUT2D eigenvalue weighted by Crippen LogP contribution is -2.28. The van der Waals surface area contributed by atoms with Gasteiger partial charge in [0.2, 0.25) is 0 Å². The van der Waals surface area contributed by atoms with Crippen LogP contribution in [0.25, 0.3) is 0 Å². The molecule has 0 aromatic carbocycles. The number of hydrogen-bond acceptors (Lipinski definition) is 6. The van der Waals surface area contributed by atoms with Crippen LogP contribution in [0.3, 0.4) is 0 Å². The summed E-state index contributed by atoms with van der Waals surface area (Å²) in [5, 5.41) is 5.91. The van der Waals surface area contributed by atoms with Gasteiger partial charge in [-0.2, -0.15) is 0 Å². The maximum absolute atomic E-state index is 5.50. The van der Waals surface area contributed by atoms with Gasteiger partial charge in [-0.15, -0.1) is 16.4 Å². The van der Waals surface area contributed by atoms with Crippen LogP contribution < -0.4 is 11.3 Å². The number of nitrogens with two attached hydrogens (primary N) is 1. The van der Waals surface area contributed by atoms with Gasteiger partial charge >= 0.3 is 0 Å². The van der Waals surface area contributed by atoms with Crippen molar-refractivity contribution in [3.63, 3.8) is 0 Å². The van der Waals surface area contributed by atoms with E-state index in [2.05, 4.69) is 34.1 Å². The van der Waals surface area contributed by atoms with E-state index in [4.69, 9.17) is 5.84 Å². The number of hydrazine groups is 1. The van der Waals surface area contributed by atoms with Crippen molar-refractivity contribution in [2.24, 2.45) is 5.84 Å². The molecule has 0 fully saturated rings. The number of thiophene rings is 1. The van der Waals surface area contributed by atoms with E-state index in [1.54, 1.807) is 11.3 Å². The number of aryl methyl sites for hydroxylation is 1. The average Bonchev–Trinajstić information content (AvgIpc) is 2.79. The molecule has 0 radical (unpaired) electrons. The number of aromatic nitrogens is 2. The molecular formula is C8H10N4S2. The Bertz CT molecular complexity index is 395. The summed E-state index contributed by atoms with van der Waals surface area (Å²) in [6, 6.07) is 4.10. The van der Waals surface area contributed by atoms with Gasteiger partial charge in [0.25, 0.3) is 0 Å². The Balaban J connectivity index is 2.31. The van der Waals surface area contributed by atoms with E-state index in [9.17, 15) is 0 Å². The average molecular weight is 226 g/mol. The first kappa shape index (κ1) is 9.72. The van der Waals surface area contributed by atoms with Crippen LogP contribution in [0.15, 0.2) is 17.5 Å². The second kappa shape index (κ2) is 4.14. The topological polar surface area (TPSA) is 63.8 Å². The molecule has 6 heteroatoms. The van der Waals surface area contributed by atoms with E-state index in [-0.39, 0.29) is 6.04 Å². The highest BCUT2D eigenvalue weighted by molar-refractivity contribution is 7.12. The quantitative estimate of drug-likeness (QED) is 0.614. The molecular weight excluding hydrogens is 216 g/mol. The van der Waals surface area contributed by atoms with Gasteiger partial charge in [-0.1, -0.05) is 4.49 Å². The molecule has 0 aliphatic carbocycles. The second-order valence-electron chi connectivity index (χ2n) is 2.88. The highest BCUT2D eigenvalue weighted by atomic mass is 32.1. The largest absolute Gasteiger partial charge is 0.270 e. The summed E-state index contributed by atoms with van der Waals surface area (Å²) in [7, 11) is 0. The molecule has 2 aromatic heterocycles. The number of nitrogens with one attached hydrogen (secondary N) is 1. The summed E-state index contributed by atoms with van der Waals surface area (Å²) in [6.45, 7) is 2.07. The van der Waals surface area contributed by atoms with Crippen LogP contribution in [0.4, 0.5) is 0 Å². The summed E-state index contributed by atoms with van der Waals surface area (Å²) in [4.78, 5) is 2.43. The smallest absolute Gasteiger partial charge is 0.100 e. The van der Waals surface area contributed by atoms with Crippen molar-refractivity contribution >= 4 is 22.9 Å². The van der Waals surface area contributed by atoms with E-state index in [1.807, 2.05) is 5.38 Å². The summed E-state index contributed by atoms with van der Waals surface area (Å²) >= 11 is 3.05. The number of nitrogens with zero attached hydrogens (tertiary/aromatic N) is 2. The van der Waals surface area contributed by atoms with Crippen molar-refractivity contribution in [1.82, 2.24) is 15.0 Å². The lowest BCUT2D eigenvalue weighted by Gasteiger charge is -2.09. The zero-order valence-electron chi connectivity index (χ0n) is 7.60. The zero-order valence-corrected chi connectivity index (χ0v) is 9.23. The summed E-state index contributed by atoms with van der Waals surface area (Å²) in [5.41, 5.74) is 3.62. The molecule has 0 saturated heterocycles. The standard InChI is InChI=1S/C8H10N4S2/c1-5-2-3-7(14-5)8(10-9)6-4-13-12-11-6/h2-4,8,10H,9H2,1H3. The molecule has 2 heterocycles. The molecule has 1 unspecified atom stereocenters. The minimum absolute atomic E-state index is 0.0348. The van der Waals surface area contributed by atoms with Gasteiger partial charge in [-0.3, -0.25) is 5.84 Å². The van der Waals surface area contributed by atoms with Crippen LogP contribution in [-0.2, 0) is 0 Å². The third-order valence-corrected chi connectivity index (χ3v) is 3.47. The van der Waals surface area contributed by atoms with E-state index in [1.165, 1.54) is 16.4 Å². The van der Waals surface area contributed by atoms with Crippen LogP contribution in [0.5, 0.6) is 0 Å². The Hall–Kier alpha value is -0.820. The maximum atomic E-state index is 5.50. The maximum Gasteiger partial charge on any atom is 0.100 e. The SMILES string of the molecule is Cc1ccc(C(NN)c2csnn2)s1. The Morgan fingerprint density at radius 1 is 1.50 bits per heavy atom. The minimum atomic E-state index is -0.0348. The molecule has 2 aromatic rings. The van der Waals surface area contributed by atoms with Crippen LogP contribution in [0.1, 0.15) is 21.5 Å². The van der Waals surface area contributed by atoms with Crippen LogP contribution >= 0.6 is 22.9 Å². The molecule has 0 aliphatic rings. The van der Waals surface area contributed by atoms with Crippen molar-refractivity contribution in [3.05, 3.63) is 33.0 Å². The minimum Gasteiger partial charge on any atom is -0.270 e. The van der Waals surface area contributed by atoms with Crippen molar-refractivity contribution in [2.75, 3.05) is 0 Å². The van der Waals surface area contributed by atoms with Gasteiger partial charge < -0.3 is 0 Å². The summed E-state index contributed by atoms with van der Waals surface area (Å²) in [6.07, 6.45) is 0. The molecule has 0 spiro atoms. The fourth-order valence-electron chi connectivity index (χ4n) is 1.22. The van der Waals surface area contributed by atoms with Crippen molar-refractivity contribution in [2.45, 2.75) is 13.0 Å². The van der Waals surface area contributed by atoms with E-state index in [0.29, 0.717) is 0 Å². The van der Waals surface area contributed by atoms with Gasteiger partial charge in [-0.25, -0.2) is 5.43 Å². The number of rotatable bonds is 3.